The monoisotopic (exact) mass is 327 g/mol. The van der Waals surface area contributed by atoms with Crippen LogP contribution in [0.3, 0.4) is 0 Å². The van der Waals surface area contributed by atoms with Crippen molar-refractivity contribution in [1.29, 1.82) is 0 Å². The first-order valence-corrected chi connectivity index (χ1v) is 6.49. The molecule has 0 aliphatic heterocycles. The van der Waals surface area contributed by atoms with Crippen molar-refractivity contribution >= 4 is 46.5 Å². The molecule has 0 fully saturated rings. The van der Waals surface area contributed by atoms with E-state index in [0.717, 1.165) is 0 Å². The number of carbonyl (C=O) groups excluding carboxylic acids is 2. The molecule has 1 aromatic heterocycles. The molecule has 0 atom stereocenters. The minimum absolute atomic E-state index is 0.0372. The van der Waals surface area contributed by atoms with Gasteiger partial charge in [0.15, 0.2) is 5.69 Å². The number of nitrogens with zero attached hydrogens (tertiary/aromatic N) is 2. The number of urea groups is 1. The molecule has 2 rings (SSSR count). The lowest BCUT2D eigenvalue weighted by Crippen LogP contribution is -2.22. The van der Waals surface area contributed by atoms with Gasteiger partial charge in [-0.15, -0.1) is 0 Å². The number of hydrogen-bond acceptors (Lipinski definition) is 3. The van der Waals surface area contributed by atoms with Crippen molar-refractivity contribution in [2.24, 2.45) is 12.8 Å². The molecule has 0 spiro atoms. The molecule has 0 aliphatic carbocycles. The van der Waals surface area contributed by atoms with Gasteiger partial charge in [-0.3, -0.25) is 9.48 Å². The van der Waals surface area contributed by atoms with Gasteiger partial charge in [-0.1, -0.05) is 29.3 Å². The normalized spacial score (nSPS) is 10.2. The molecule has 110 valence electrons. The zero-order chi connectivity index (χ0) is 15.6. The van der Waals surface area contributed by atoms with Crippen molar-refractivity contribution < 1.29 is 9.59 Å². The molecular weight excluding hydrogens is 317 g/mol. The summed E-state index contributed by atoms with van der Waals surface area (Å²) in [7, 11) is 1.60. The second-order valence-electron chi connectivity index (χ2n) is 4.11. The number of halogens is 2. The summed E-state index contributed by atoms with van der Waals surface area (Å²) < 4.78 is 1.36. The van der Waals surface area contributed by atoms with E-state index < -0.39 is 11.9 Å². The highest BCUT2D eigenvalue weighted by Crippen LogP contribution is 2.29. The molecular formula is C12H11Cl2N5O2. The molecule has 7 nitrogen and oxygen atoms in total. The largest absolute Gasteiger partial charge is 0.364 e. The van der Waals surface area contributed by atoms with Crippen molar-refractivity contribution in [2.75, 3.05) is 10.6 Å². The van der Waals surface area contributed by atoms with Crippen LogP contribution in [0.15, 0.2) is 24.4 Å². The minimum Gasteiger partial charge on any atom is -0.364 e. The number of primary amides is 1. The molecule has 3 amide bonds. The predicted octanol–water partition coefficient (Wildman–Crippen LogP) is 2.47. The highest BCUT2D eigenvalue weighted by molar-refractivity contribution is 6.44. The number of amides is 3. The smallest absolute Gasteiger partial charge is 0.323 e. The van der Waals surface area contributed by atoms with Crippen molar-refractivity contribution in [2.45, 2.75) is 0 Å². The van der Waals surface area contributed by atoms with Crippen LogP contribution in [-0.2, 0) is 7.05 Å². The van der Waals surface area contributed by atoms with Crippen LogP contribution in [0.2, 0.25) is 10.0 Å². The topological polar surface area (TPSA) is 102 Å². The quantitative estimate of drug-likeness (QED) is 0.806. The fraction of sp³-hybridized carbons (Fsp3) is 0.0833. The Morgan fingerprint density at radius 2 is 1.90 bits per heavy atom. The highest BCUT2D eigenvalue weighted by atomic mass is 35.5. The molecule has 21 heavy (non-hydrogen) atoms. The van der Waals surface area contributed by atoms with Gasteiger partial charge in [-0.2, -0.15) is 5.10 Å². The van der Waals surface area contributed by atoms with Crippen molar-refractivity contribution in [3.05, 3.63) is 40.1 Å². The Hall–Kier alpha value is -2.25. The molecule has 0 saturated heterocycles. The standard InChI is InChI=1S/C12H11Cl2N5O2/c1-19-5-8(10(18-19)11(15)20)17-12(21)16-7-4-2-3-6(13)9(7)14/h2-5H,1H3,(H2,15,20)(H2,16,17,21). The summed E-state index contributed by atoms with van der Waals surface area (Å²) in [5.41, 5.74) is 5.67. The Kier molecular flexibility index (Phi) is 4.35. The SMILES string of the molecule is Cn1cc(NC(=O)Nc2cccc(Cl)c2Cl)c(C(N)=O)n1. The number of rotatable bonds is 3. The maximum atomic E-state index is 11.9. The summed E-state index contributed by atoms with van der Waals surface area (Å²) in [6.07, 6.45) is 1.46. The first-order chi connectivity index (χ1) is 9.88. The molecule has 0 unspecified atom stereocenters. The number of benzene rings is 1. The number of hydrogen-bond donors (Lipinski definition) is 3. The number of aryl methyl sites for hydroxylation is 1. The first-order valence-electron chi connectivity index (χ1n) is 5.74. The molecule has 2 aromatic rings. The molecule has 0 aliphatic rings. The van der Waals surface area contributed by atoms with Gasteiger partial charge < -0.3 is 16.4 Å². The first kappa shape index (κ1) is 15.1. The third-order valence-electron chi connectivity index (χ3n) is 2.51. The average Bonchev–Trinajstić information content (AvgIpc) is 2.76. The summed E-state index contributed by atoms with van der Waals surface area (Å²) >= 11 is 11.8. The van der Waals surface area contributed by atoms with Crippen molar-refractivity contribution in [1.82, 2.24) is 9.78 Å². The van der Waals surface area contributed by atoms with E-state index in [1.165, 1.54) is 10.9 Å². The third kappa shape index (κ3) is 3.45. The van der Waals surface area contributed by atoms with Gasteiger partial charge in [0.25, 0.3) is 5.91 Å². The summed E-state index contributed by atoms with van der Waals surface area (Å²) in [6, 6.07) is 4.23. The molecule has 1 aromatic carbocycles. The van der Waals surface area contributed by atoms with E-state index in [4.69, 9.17) is 28.9 Å². The highest BCUT2D eigenvalue weighted by Gasteiger charge is 2.16. The second-order valence-corrected chi connectivity index (χ2v) is 4.89. The van der Waals surface area contributed by atoms with E-state index in [2.05, 4.69) is 15.7 Å². The van der Waals surface area contributed by atoms with Gasteiger partial charge in [-0.25, -0.2) is 4.79 Å². The number of nitrogens with one attached hydrogen (secondary N) is 2. The Balaban J connectivity index is 2.16. The molecule has 4 N–H and O–H groups in total. The lowest BCUT2D eigenvalue weighted by atomic mass is 10.3. The lowest BCUT2D eigenvalue weighted by molar-refractivity contribution is 0.0995. The zero-order valence-corrected chi connectivity index (χ0v) is 12.4. The number of nitrogens with two attached hydrogens (primary N) is 1. The van der Waals surface area contributed by atoms with Crippen LogP contribution in [-0.4, -0.2) is 21.7 Å². The maximum Gasteiger partial charge on any atom is 0.323 e. The Morgan fingerprint density at radius 1 is 1.24 bits per heavy atom. The summed E-state index contributed by atoms with van der Waals surface area (Å²) in [5.74, 6) is -0.744. The van der Waals surface area contributed by atoms with Gasteiger partial charge in [0, 0.05) is 13.2 Å². The van der Waals surface area contributed by atoms with Crippen LogP contribution < -0.4 is 16.4 Å². The molecule has 9 heteroatoms. The lowest BCUT2D eigenvalue weighted by Gasteiger charge is -2.09. The van der Waals surface area contributed by atoms with E-state index in [-0.39, 0.29) is 16.4 Å². The molecule has 0 bridgehead atoms. The zero-order valence-electron chi connectivity index (χ0n) is 10.9. The van der Waals surface area contributed by atoms with Crippen LogP contribution in [0.5, 0.6) is 0 Å². The fourth-order valence-electron chi connectivity index (χ4n) is 1.64. The second kappa shape index (κ2) is 6.02. The van der Waals surface area contributed by atoms with Crippen LogP contribution >= 0.6 is 23.2 Å². The Labute approximate surface area is 130 Å². The van der Waals surface area contributed by atoms with E-state index in [1.54, 1.807) is 25.2 Å². The van der Waals surface area contributed by atoms with Gasteiger partial charge in [0.05, 0.1) is 21.4 Å². The summed E-state index contributed by atoms with van der Waals surface area (Å²) in [4.78, 5) is 23.1. The minimum atomic E-state index is -0.744. The van der Waals surface area contributed by atoms with E-state index in [9.17, 15) is 9.59 Å². The van der Waals surface area contributed by atoms with Crippen LogP contribution in [0.4, 0.5) is 16.2 Å². The van der Waals surface area contributed by atoms with E-state index >= 15 is 0 Å². The van der Waals surface area contributed by atoms with Gasteiger partial charge in [-0.05, 0) is 12.1 Å². The summed E-state index contributed by atoms with van der Waals surface area (Å²) in [6.45, 7) is 0. The molecule has 0 radical (unpaired) electrons. The Morgan fingerprint density at radius 3 is 2.57 bits per heavy atom. The number of anilines is 2. The van der Waals surface area contributed by atoms with Crippen LogP contribution in [0.1, 0.15) is 10.5 Å². The molecule has 0 saturated carbocycles. The molecule has 1 heterocycles. The number of aromatic nitrogens is 2. The fourth-order valence-corrected chi connectivity index (χ4v) is 1.99. The maximum absolute atomic E-state index is 11.9. The van der Waals surface area contributed by atoms with E-state index in [0.29, 0.717) is 10.7 Å². The Bertz CT molecular complexity index is 714. The predicted molar refractivity (Wildman–Crippen MR) is 80.8 cm³/mol. The average molecular weight is 328 g/mol. The van der Waals surface area contributed by atoms with Crippen LogP contribution in [0, 0.1) is 0 Å². The van der Waals surface area contributed by atoms with Gasteiger partial charge in [0.2, 0.25) is 0 Å². The van der Waals surface area contributed by atoms with E-state index in [1.807, 2.05) is 0 Å². The van der Waals surface area contributed by atoms with Crippen LogP contribution in [0.25, 0.3) is 0 Å². The number of carbonyl (C=O) groups is 2. The summed E-state index contributed by atoms with van der Waals surface area (Å²) in [5, 5.41) is 9.38. The van der Waals surface area contributed by atoms with Crippen molar-refractivity contribution in [3.8, 4) is 0 Å². The van der Waals surface area contributed by atoms with Gasteiger partial charge >= 0.3 is 6.03 Å². The third-order valence-corrected chi connectivity index (χ3v) is 3.33. The van der Waals surface area contributed by atoms with Gasteiger partial charge in [0.1, 0.15) is 0 Å². The van der Waals surface area contributed by atoms with Crippen molar-refractivity contribution in [3.63, 3.8) is 0 Å².